The van der Waals surface area contributed by atoms with Crippen LogP contribution in [-0.4, -0.2) is 15.8 Å². The molecule has 0 aromatic carbocycles. The predicted octanol–water partition coefficient (Wildman–Crippen LogP) is 3.01. The zero-order valence-electron chi connectivity index (χ0n) is 12.6. The highest BCUT2D eigenvalue weighted by Gasteiger charge is 2.65. The van der Waals surface area contributed by atoms with Gasteiger partial charge < -0.3 is 5.32 Å². The number of hydrogen-bond donors (Lipinski definition) is 1. The zero-order chi connectivity index (χ0) is 14.7. The van der Waals surface area contributed by atoms with E-state index in [9.17, 15) is 4.79 Å². The lowest BCUT2D eigenvalue weighted by molar-refractivity contribution is 0.456. The highest BCUT2D eigenvalue weighted by Crippen LogP contribution is 2.66. The highest BCUT2D eigenvalue weighted by molar-refractivity contribution is 6.32. The molecule has 1 heterocycles. The minimum absolute atomic E-state index is 0.177. The molecule has 3 fully saturated rings. The first-order valence-electron chi connectivity index (χ1n) is 8.08. The van der Waals surface area contributed by atoms with Crippen LogP contribution >= 0.6 is 11.6 Å². The average molecular weight is 308 g/mol. The average Bonchev–Trinajstić information content (AvgIpc) is 2.82. The highest BCUT2D eigenvalue weighted by atomic mass is 35.5. The molecule has 0 saturated heterocycles. The van der Waals surface area contributed by atoms with Gasteiger partial charge in [-0.15, -0.1) is 0 Å². The number of halogens is 1. The molecule has 3 saturated carbocycles. The first-order valence-corrected chi connectivity index (χ1v) is 8.46. The Hall–Kier alpha value is -1.03. The second kappa shape index (κ2) is 4.73. The molecule has 114 valence electrons. The number of nitrogens with zero attached hydrogens (tertiary/aromatic N) is 2. The van der Waals surface area contributed by atoms with E-state index >= 15 is 0 Å². The van der Waals surface area contributed by atoms with E-state index < -0.39 is 0 Å². The number of nitrogens with one attached hydrogen (secondary N) is 1. The van der Waals surface area contributed by atoms with E-state index in [0.717, 1.165) is 29.4 Å². The van der Waals surface area contributed by atoms with Gasteiger partial charge in [-0.1, -0.05) is 25.4 Å². The van der Waals surface area contributed by atoms with E-state index in [0.29, 0.717) is 23.5 Å². The molecule has 1 aromatic rings. The largest absolute Gasteiger partial charge is 0.379 e. The second-order valence-corrected chi connectivity index (χ2v) is 7.79. The van der Waals surface area contributed by atoms with Gasteiger partial charge in [0.2, 0.25) is 0 Å². The summed E-state index contributed by atoms with van der Waals surface area (Å²) in [5.74, 6) is 3.83. The fourth-order valence-corrected chi connectivity index (χ4v) is 4.94. The number of anilines is 1. The fourth-order valence-electron chi connectivity index (χ4n) is 4.74. The molecular weight excluding hydrogens is 286 g/mol. The molecule has 3 aliphatic rings. The fraction of sp³-hybridized carbons (Fsp3) is 0.750. The number of hydrogen-bond acceptors (Lipinski definition) is 3. The molecular formula is C16H22ClN3O. The third-order valence-electron chi connectivity index (χ3n) is 5.58. The van der Waals surface area contributed by atoms with E-state index in [1.165, 1.54) is 23.9 Å². The van der Waals surface area contributed by atoms with Gasteiger partial charge in [0.15, 0.2) is 0 Å². The smallest absolute Gasteiger partial charge is 0.287 e. The van der Waals surface area contributed by atoms with E-state index in [2.05, 4.69) is 24.3 Å². The zero-order valence-corrected chi connectivity index (χ0v) is 13.3. The minimum atomic E-state index is -0.177. The van der Waals surface area contributed by atoms with Crippen LogP contribution in [0.2, 0.25) is 5.02 Å². The van der Waals surface area contributed by atoms with Crippen molar-refractivity contribution in [3.63, 3.8) is 0 Å². The third-order valence-corrected chi connectivity index (χ3v) is 5.95. The van der Waals surface area contributed by atoms with Gasteiger partial charge >= 0.3 is 0 Å². The SMILES string of the molecule is CC(C)Cn1ncc(NC2C3C4CCC(C4)C23)c(Cl)c1=O. The third kappa shape index (κ3) is 2.10. The Labute approximate surface area is 129 Å². The van der Waals surface area contributed by atoms with Crippen molar-refractivity contribution in [2.75, 3.05) is 5.32 Å². The lowest BCUT2D eigenvalue weighted by atomic mass is 10.0. The molecule has 21 heavy (non-hydrogen) atoms. The maximum atomic E-state index is 12.2. The van der Waals surface area contributed by atoms with Crippen LogP contribution in [-0.2, 0) is 6.54 Å². The molecule has 1 N–H and O–H groups in total. The number of aromatic nitrogens is 2. The van der Waals surface area contributed by atoms with Crippen molar-refractivity contribution in [1.29, 1.82) is 0 Å². The summed E-state index contributed by atoms with van der Waals surface area (Å²) in [6.07, 6.45) is 5.94. The monoisotopic (exact) mass is 307 g/mol. The van der Waals surface area contributed by atoms with Crippen molar-refractivity contribution < 1.29 is 0 Å². The van der Waals surface area contributed by atoms with Crippen molar-refractivity contribution in [3.8, 4) is 0 Å². The van der Waals surface area contributed by atoms with Gasteiger partial charge in [-0.05, 0) is 48.9 Å². The lowest BCUT2D eigenvalue weighted by Gasteiger charge is -2.14. The standard InChI is InChI=1S/C16H22ClN3O/c1-8(2)7-20-16(21)14(17)11(6-18-20)19-15-12-9-3-4-10(5-9)13(12)15/h6,8-10,12-13,15,19H,3-5,7H2,1-2H3. The van der Waals surface area contributed by atoms with Crippen molar-refractivity contribution >= 4 is 17.3 Å². The summed E-state index contributed by atoms with van der Waals surface area (Å²) in [5, 5.41) is 8.06. The van der Waals surface area contributed by atoms with Crippen LogP contribution in [0.5, 0.6) is 0 Å². The van der Waals surface area contributed by atoms with Crippen LogP contribution in [0.3, 0.4) is 0 Å². The summed E-state index contributed by atoms with van der Waals surface area (Å²) in [4.78, 5) is 12.2. The molecule has 4 atom stereocenters. The van der Waals surface area contributed by atoms with E-state index in [1.54, 1.807) is 6.20 Å². The van der Waals surface area contributed by atoms with Crippen molar-refractivity contribution in [3.05, 3.63) is 21.6 Å². The van der Waals surface area contributed by atoms with Crippen molar-refractivity contribution in [2.24, 2.45) is 29.6 Å². The Morgan fingerprint density at radius 3 is 2.67 bits per heavy atom. The van der Waals surface area contributed by atoms with Crippen LogP contribution < -0.4 is 10.9 Å². The van der Waals surface area contributed by atoms with Gasteiger partial charge in [0.05, 0.1) is 11.9 Å². The molecule has 2 bridgehead atoms. The number of rotatable bonds is 4. The van der Waals surface area contributed by atoms with Crippen LogP contribution in [0.4, 0.5) is 5.69 Å². The summed E-state index contributed by atoms with van der Waals surface area (Å²) in [6, 6.07) is 0.524. The molecule has 4 rings (SSSR count). The molecule has 4 unspecified atom stereocenters. The predicted molar refractivity (Wildman–Crippen MR) is 83.6 cm³/mol. The first-order chi connectivity index (χ1) is 10.1. The van der Waals surface area contributed by atoms with Gasteiger partial charge in [0.25, 0.3) is 5.56 Å². The van der Waals surface area contributed by atoms with Gasteiger partial charge in [-0.2, -0.15) is 5.10 Å². The Morgan fingerprint density at radius 2 is 2.05 bits per heavy atom. The van der Waals surface area contributed by atoms with Crippen molar-refractivity contribution in [2.45, 2.75) is 45.7 Å². The molecule has 3 aliphatic carbocycles. The molecule has 0 radical (unpaired) electrons. The molecule has 0 spiro atoms. The van der Waals surface area contributed by atoms with Gasteiger partial charge in [0.1, 0.15) is 5.02 Å². The summed E-state index contributed by atoms with van der Waals surface area (Å²) in [6.45, 7) is 4.74. The first kappa shape index (κ1) is 13.6. The quantitative estimate of drug-likeness (QED) is 0.930. The maximum absolute atomic E-state index is 12.2. The maximum Gasteiger partial charge on any atom is 0.287 e. The molecule has 0 aliphatic heterocycles. The van der Waals surface area contributed by atoms with Crippen molar-refractivity contribution in [1.82, 2.24) is 9.78 Å². The molecule has 0 amide bonds. The van der Waals surface area contributed by atoms with Crippen LogP contribution in [0, 0.1) is 29.6 Å². The topological polar surface area (TPSA) is 46.9 Å². The summed E-state index contributed by atoms with van der Waals surface area (Å²) in [5.41, 5.74) is 0.546. The second-order valence-electron chi connectivity index (χ2n) is 7.41. The van der Waals surface area contributed by atoms with E-state index in [4.69, 9.17) is 11.6 Å². The lowest BCUT2D eigenvalue weighted by Crippen LogP contribution is -2.27. The summed E-state index contributed by atoms with van der Waals surface area (Å²) >= 11 is 6.26. The Morgan fingerprint density at radius 1 is 1.38 bits per heavy atom. The van der Waals surface area contributed by atoms with E-state index in [-0.39, 0.29) is 5.56 Å². The van der Waals surface area contributed by atoms with Gasteiger partial charge in [-0.3, -0.25) is 4.79 Å². The summed E-state index contributed by atoms with van der Waals surface area (Å²) in [7, 11) is 0. The van der Waals surface area contributed by atoms with Crippen LogP contribution in [0.1, 0.15) is 33.1 Å². The minimum Gasteiger partial charge on any atom is -0.379 e. The Bertz CT molecular complexity index is 610. The van der Waals surface area contributed by atoms with Gasteiger partial charge in [0, 0.05) is 12.6 Å². The van der Waals surface area contributed by atoms with Gasteiger partial charge in [-0.25, -0.2) is 4.68 Å². The van der Waals surface area contributed by atoms with E-state index in [1.807, 2.05) is 0 Å². The normalized spacial score (nSPS) is 36.1. The van der Waals surface area contributed by atoms with Crippen LogP contribution in [0.15, 0.2) is 11.0 Å². The summed E-state index contributed by atoms with van der Waals surface area (Å²) < 4.78 is 1.47. The Kier molecular flexibility index (Phi) is 3.07. The Balaban J connectivity index is 1.52. The molecule has 1 aromatic heterocycles. The molecule has 5 heteroatoms. The molecule has 4 nitrogen and oxygen atoms in total. The number of fused-ring (bicyclic) bond motifs is 5. The van der Waals surface area contributed by atoms with Crippen LogP contribution in [0.25, 0.3) is 0 Å².